The third-order valence-corrected chi connectivity index (χ3v) is 4.45. The van der Waals surface area contributed by atoms with Crippen LogP contribution in [0.15, 0.2) is 36.8 Å². The van der Waals surface area contributed by atoms with Gasteiger partial charge in [0.25, 0.3) is 5.91 Å². The Kier molecular flexibility index (Phi) is 4.10. The van der Waals surface area contributed by atoms with Crippen molar-refractivity contribution in [3.05, 3.63) is 42.4 Å². The minimum Gasteiger partial charge on any atom is -0.369 e. The molecule has 0 bridgehead atoms. The summed E-state index contributed by atoms with van der Waals surface area (Å²) in [5, 5.41) is 8.06. The molecule has 1 atom stereocenters. The van der Waals surface area contributed by atoms with Crippen LogP contribution in [0.25, 0.3) is 0 Å². The van der Waals surface area contributed by atoms with Crippen molar-refractivity contribution in [2.75, 3.05) is 41.6 Å². The number of anilines is 3. The van der Waals surface area contributed by atoms with E-state index in [9.17, 15) is 4.79 Å². The van der Waals surface area contributed by atoms with Gasteiger partial charge in [-0.3, -0.25) is 10.2 Å². The molecule has 1 aromatic heterocycles. The molecular weight excluding hydrogens is 318 g/mol. The van der Waals surface area contributed by atoms with E-state index in [0.29, 0.717) is 24.1 Å². The Hall–Kier alpha value is -2.87. The molecule has 0 spiro atoms. The normalized spacial score (nSPS) is 20.0. The fraction of sp³-hybridized carbons (Fsp3) is 0.353. The van der Waals surface area contributed by atoms with Gasteiger partial charge in [0.1, 0.15) is 18.6 Å². The van der Waals surface area contributed by atoms with E-state index in [1.54, 1.807) is 5.01 Å². The molecule has 8 heteroatoms. The Labute approximate surface area is 146 Å². The molecule has 1 amide bonds. The van der Waals surface area contributed by atoms with Crippen molar-refractivity contribution in [2.24, 2.45) is 0 Å². The molecule has 1 unspecified atom stereocenters. The van der Waals surface area contributed by atoms with E-state index in [4.69, 9.17) is 0 Å². The molecule has 8 nitrogen and oxygen atoms in total. The van der Waals surface area contributed by atoms with Gasteiger partial charge in [-0.25, -0.2) is 15.0 Å². The van der Waals surface area contributed by atoms with Gasteiger partial charge in [0, 0.05) is 37.6 Å². The van der Waals surface area contributed by atoms with Crippen LogP contribution < -0.4 is 26.0 Å². The number of hydrogen-bond donors (Lipinski definition) is 3. The van der Waals surface area contributed by atoms with Crippen molar-refractivity contribution < 1.29 is 4.79 Å². The summed E-state index contributed by atoms with van der Waals surface area (Å²) in [7, 11) is 0. The first-order chi connectivity index (χ1) is 12.2. The molecular formula is C17H21N7O. The third-order valence-electron chi connectivity index (χ3n) is 4.45. The molecule has 0 radical (unpaired) electrons. The molecule has 2 aromatic rings. The molecule has 25 heavy (non-hydrogen) atoms. The number of hydrogen-bond acceptors (Lipinski definition) is 7. The van der Waals surface area contributed by atoms with Crippen molar-refractivity contribution in [2.45, 2.75) is 13.0 Å². The molecule has 130 valence electrons. The Morgan fingerprint density at radius 2 is 2.12 bits per heavy atom. The number of carbonyl (C=O) groups excluding carboxylic acids is 1. The van der Waals surface area contributed by atoms with Crippen LogP contribution in [0.1, 0.15) is 17.3 Å². The number of aromatic nitrogens is 2. The minimum atomic E-state index is -0.156. The van der Waals surface area contributed by atoms with Gasteiger partial charge in [0.15, 0.2) is 5.82 Å². The Balaban J connectivity index is 1.48. The fourth-order valence-corrected chi connectivity index (χ4v) is 3.18. The Bertz CT molecular complexity index is 764. The molecule has 4 rings (SSSR count). The molecule has 3 heterocycles. The predicted molar refractivity (Wildman–Crippen MR) is 96.6 cm³/mol. The molecule has 3 N–H and O–H groups in total. The number of piperazine rings is 1. The van der Waals surface area contributed by atoms with Crippen molar-refractivity contribution in [1.82, 2.24) is 20.6 Å². The maximum Gasteiger partial charge on any atom is 0.258 e. The maximum atomic E-state index is 11.9. The number of nitrogens with zero attached hydrogens (tertiary/aromatic N) is 4. The van der Waals surface area contributed by atoms with E-state index in [-0.39, 0.29) is 5.91 Å². The largest absolute Gasteiger partial charge is 0.369 e. The molecule has 0 saturated carbocycles. The van der Waals surface area contributed by atoms with Crippen LogP contribution >= 0.6 is 0 Å². The maximum absolute atomic E-state index is 11.9. The first-order valence-corrected chi connectivity index (χ1v) is 8.41. The van der Waals surface area contributed by atoms with E-state index in [1.807, 2.05) is 12.1 Å². The second-order valence-corrected chi connectivity index (χ2v) is 6.31. The summed E-state index contributed by atoms with van der Waals surface area (Å²) < 4.78 is 0. The number of rotatable bonds is 3. The lowest BCUT2D eigenvalue weighted by molar-refractivity contribution is 0.0947. The quantitative estimate of drug-likeness (QED) is 0.763. The summed E-state index contributed by atoms with van der Waals surface area (Å²) in [6.07, 6.45) is 2.97. The van der Waals surface area contributed by atoms with Crippen LogP contribution in [-0.4, -0.2) is 48.2 Å². The van der Waals surface area contributed by atoms with E-state index in [0.717, 1.165) is 25.3 Å². The number of benzene rings is 1. The Morgan fingerprint density at radius 1 is 1.28 bits per heavy atom. The van der Waals surface area contributed by atoms with Crippen molar-refractivity contribution in [1.29, 1.82) is 0 Å². The number of amides is 1. The van der Waals surface area contributed by atoms with Gasteiger partial charge in [0.05, 0.1) is 5.69 Å². The summed E-state index contributed by atoms with van der Waals surface area (Å²) in [5.41, 5.74) is 5.91. The third kappa shape index (κ3) is 3.20. The molecule has 1 aromatic carbocycles. The van der Waals surface area contributed by atoms with Gasteiger partial charge in [0.2, 0.25) is 0 Å². The highest BCUT2D eigenvalue weighted by Gasteiger charge is 2.24. The van der Waals surface area contributed by atoms with Gasteiger partial charge in [-0.15, -0.1) is 0 Å². The molecule has 2 aliphatic rings. The van der Waals surface area contributed by atoms with E-state index >= 15 is 0 Å². The number of fused-ring (bicyclic) bond motifs is 1. The second kappa shape index (κ2) is 6.56. The summed E-state index contributed by atoms with van der Waals surface area (Å²) in [6, 6.07) is 8.81. The first-order valence-electron chi connectivity index (χ1n) is 8.41. The summed E-state index contributed by atoms with van der Waals surface area (Å²) >= 11 is 0. The molecule has 1 saturated heterocycles. The standard InChI is InChI=1S/C17H21N7O/c1-12-9-23(7-6-19-12)14-4-2-13(3-5-14)22-24-11-21-17(25)15-8-18-10-20-16(15)24/h2-5,8,10,12,19,22H,6-7,9,11H2,1H3,(H,21,25). The first kappa shape index (κ1) is 15.6. The highest BCUT2D eigenvalue weighted by atomic mass is 16.2. The van der Waals surface area contributed by atoms with E-state index < -0.39 is 0 Å². The van der Waals surface area contributed by atoms with Gasteiger partial charge in [-0.2, -0.15) is 0 Å². The lowest BCUT2D eigenvalue weighted by Crippen LogP contribution is -2.49. The lowest BCUT2D eigenvalue weighted by Gasteiger charge is -2.34. The lowest BCUT2D eigenvalue weighted by atomic mass is 10.2. The Morgan fingerprint density at radius 3 is 2.92 bits per heavy atom. The molecule has 2 aliphatic heterocycles. The summed E-state index contributed by atoms with van der Waals surface area (Å²) in [6.45, 7) is 5.58. The van der Waals surface area contributed by atoms with Crippen LogP contribution in [0, 0.1) is 0 Å². The number of hydrazine groups is 1. The van der Waals surface area contributed by atoms with Gasteiger partial charge >= 0.3 is 0 Å². The zero-order valence-electron chi connectivity index (χ0n) is 14.1. The number of carbonyl (C=O) groups is 1. The fourth-order valence-electron chi connectivity index (χ4n) is 3.18. The molecule has 0 aliphatic carbocycles. The smallest absolute Gasteiger partial charge is 0.258 e. The van der Waals surface area contributed by atoms with E-state index in [1.165, 1.54) is 18.2 Å². The van der Waals surface area contributed by atoms with E-state index in [2.05, 4.69) is 50.0 Å². The molecule has 1 fully saturated rings. The van der Waals surface area contributed by atoms with Crippen LogP contribution in [0.2, 0.25) is 0 Å². The van der Waals surface area contributed by atoms with Crippen molar-refractivity contribution in [3.63, 3.8) is 0 Å². The zero-order chi connectivity index (χ0) is 17.2. The summed E-state index contributed by atoms with van der Waals surface area (Å²) in [4.78, 5) is 22.4. The van der Waals surface area contributed by atoms with Gasteiger partial charge in [-0.05, 0) is 31.2 Å². The zero-order valence-corrected chi connectivity index (χ0v) is 14.1. The highest BCUT2D eigenvalue weighted by Crippen LogP contribution is 2.23. The van der Waals surface area contributed by atoms with Gasteiger partial charge < -0.3 is 15.5 Å². The number of nitrogens with one attached hydrogen (secondary N) is 3. The SMILES string of the molecule is CC1CN(c2ccc(NN3CNC(=O)c4cncnc43)cc2)CCN1. The topological polar surface area (TPSA) is 85.4 Å². The van der Waals surface area contributed by atoms with Crippen LogP contribution in [0.5, 0.6) is 0 Å². The second-order valence-electron chi connectivity index (χ2n) is 6.31. The average Bonchev–Trinajstić information content (AvgIpc) is 2.65. The van der Waals surface area contributed by atoms with Crippen molar-refractivity contribution >= 4 is 23.1 Å². The highest BCUT2D eigenvalue weighted by molar-refractivity contribution is 6.00. The van der Waals surface area contributed by atoms with Crippen LogP contribution in [0.3, 0.4) is 0 Å². The summed E-state index contributed by atoms with van der Waals surface area (Å²) in [5.74, 6) is 0.426. The van der Waals surface area contributed by atoms with Gasteiger partial charge in [-0.1, -0.05) is 0 Å². The van der Waals surface area contributed by atoms with Crippen molar-refractivity contribution in [3.8, 4) is 0 Å². The predicted octanol–water partition coefficient (Wildman–Crippen LogP) is 0.809. The van der Waals surface area contributed by atoms with Crippen LogP contribution in [-0.2, 0) is 0 Å². The average molecular weight is 339 g/mol. The monoisotopic (exact) mass is 339 g/mol. The van der Waals surface area contributed by atoms with Crippen LogP contribution in [0.4, 0.5) is 17.2 Å². The minimum absolute atomic E-state index is 0.156.